The maximum atomic E-state index is 12.2. The normalized spacial score (nSPS) is 21.1. The van der Waals surface area contributed by atoms with Gasteiger partial charge in [-0.1, -0.05) is 73.7 Å². The first-order valence-electron chi connectivity index (χ1n) is 17.3. The Kier molecular flexibility index (Phi) is 11.8. The maximum Gasteiger partial charge on any atom is 0.303 e. The number of aliphatic hydroxyl groups is 1. The van der Waals surface area contributed by atoms with E-state index in [1.807, 2.05) is 54.6 Å². The Labute approximate surface area is 292 Å². The van der Waals surface area contributed by atoms with E-state index in [4.69, 9.17) is 14.6 Å². The summed E-state index contributed by atoms with van der Waals surface area (Å²) >= 11 is 0. The Balaban J connectivity index is 1.13. The first-order valence-corrected chi connectivity index (χ1v) is 17.3. The zero-order valence-corrected chi connectivity index (χ0v) is 28.4. The maximum absolute atomic E-state index is 12.2. The third-order valence-electron chi connectivity index (χ3n) is 9.50. The number of carbonyl (C=O) groups is 2. The minimum Gasteiger partial charge on any atom is -0.481 e. The molecule has 2 saturated heterocycles. The summed E-state index contributed by atoms with van der Waals surface area (Å²) < 4.78 is 13.4. The van der Waals surface area contributed by atoms with Gasteiger partial charge in [0.2, 0.25) is 11.9 Å². The molecule has 11 heteroatoms. The molecule has 0 radical (unpaired) electrons. The average Bonchev–Trinajstić information content (AvgIpc) is 3.15. The summed E-state index contributed by atoms with van der Waals surface area (Å²) in [7, 11) is 0. The highest BCUT2D eigenvalue weighted by Crippen LogP contribution is 2.42. The van der Waals surface area contributed by atoms with E-state index in [0.717, 1.165) is 72.1 Å². The van der Waals surface area contributed by atoms with Crippen LogP contribution in [0.5, 0.6) is 0 Å². The number of aliphatic carboxylic acids is 1. The predicted molar refractivity (Wildman–Crippen MR) is 189 cm³/mol. The molecule has 0 aliphatic carbocycles. The number of nitrogens with one attached hydrogen (secondary N) is 1. The van der Waals surface area contributed by atoms with Crippen LogP contribution in [0.15, 0.2) is 91.3 Å². The minimum absolute atomic E-state index is 0.00575. The smallest absolute Gasteiger partial charge is 0.303 e. The van der Waals surface area contributed by atoms with Crippen molar-refractivity contribution in [3.63, 3.8) is 0 Å². The van der Waals surface area contributed by atoms with E-state index in [1.165, 1.54) is 0 Å². The van der Waals surface area contributed by atoms with Crippen molar-refractivity contribution in [2.24, 2.45) is 5.92 Å². The second-order valence-corrected chi connectivity index (χ2v) is 13.0. The number of rotatable bonds is 13. The number of carboxylic acid groups (broad SMARTS) is 1. The van der Waals surface area contributed by atoms with Crippen LogP contribution in [0.25, 0.3) is 11.1 Å². The largest absolute Gasteiger partial charge is 0.481 e. The zero-order chi connectivity index (χ0) is 34.9. The molecule has 11 nitrogen and oxygen atoms in total. The van der Waals surface area contributed by atoms with Crippen LogP contribution >= 0.6 is 0 Å². The summed E-state index contributed by atoms with van der Waals surface area (Å²) in [6.07, 6.45) is 3.22. The molecule has 4 atom stereocenters. The van der Waals surface area contributed by atoms with Crippen LogP contribution in [0.1, 0.15) is 60.8 Å². The van der Waals surface area contributed by atoms with Crippen molar-refractivity contribution in [1.82, 2.24) is 20.2 Å². The molecule has 0 saturated carbocycles. The number of anilines is 1. The third kappa shape index (κ3) is 9.10. The molecule has 4 aromatic rings. The van der Waals surface area contributed by atoms with Crippen molar-refractivity contribution in [1.29, 1.82) is 0 Å². The highest BCUT2D eigenvalue weighted by atomic mass is 16.7. The summed E-state index contributed by atoms with van der Waals surface area (Å²) in [6, 6.07) is 26.1. The molecular formula is C39H45N5O6. The van der Waals surface area contributed by atoms with Crippen molar-refractivity contribution < 1.29 is 29.3 Å². The lowest BCUT2D eigenvalue weighted by molar-refractivity contribution is -0.276. The topological polar surface area (TPSA) is 137 Å². The van der Waals surface area contributed by atoms with Crippen LogP contribution < -0.4 is 10.2 Å². The fourth-order valence-electron chi connectivity index (χ4n) is 6.55. The molecule has 50 heavy (non-hydrogen) atoms. The monoisotopic (exact) mass is 679 g/mol. The molecule has 2 fully saturated rings. The van der Waals surface area contributed by atoms with Gasteiger partial charge in [0.15, 0.2) is 6.29 Å². The van der Waals surface area contributed by atoms with Crippen LogP contribution in [0, 0.1) is 5.92 Å². The van der Waals surface area contributed by atoms with E-state index in [2.05, 4.69) is 56.3 Å². The van der Waals surface area contributed by atoms with Gasteiger partial charge in [0.25, 0.3) is 0 Å². The number of nitrogens with zero attached hydrogens (tertiary/aromatic N) is 4. The molecule has 3 aromatic carbocycles. The Morgan fingerprint density at radius 2 is 1.56 bits per heavy atom. The van der Waals surface area contributed by atoms with Crippen molar-refractivity contribution in [2.75, 3.05) is 37.6 Å². The molecule has 6 rings (SSSR count). The molecule has 3 N–H and O–H groups in total. The summed E-state index contributed by atoms with van der Waals surface area (Å²) in [4.78, 5) is 36.4. The third-order valence-corrected chi connectivity index (χ3v) is 9.50. The number of aliphatic hydroxyl groups excluding tert-OH is 1. The van der Waals surface area contributed by atoms with Gasteiger partial charge in [-0.05, 0) is 46.4 Å². The summed E-state index contributed by atoms with van der Waals surface area (Å²) in [5.74, 6) is -0.208. The van der Waals surface area contributed by atoms with Crippen molar-refractivity contribution in [3.8, 4) is 11.1 Å². The summed E-state index contributed by atoms with van der Waals surface area (Å²) in [5.41, 5.74) is 5.86. The molecule has 3 heterocycles. The van der Waals surface area contributed by atoms with Gasteiger partial charge in [-0.15, -0.1) is 0 Å². The predicted octanol–water partition coefficient (Wildman–Crippen LogP) is 5.12. The SMILES string of the molecule is CC1C(CN2CCN(c3ncccn3)CC2)OC(c2ccc(-c3cccc(CNC(=O)CCCC(=O)O)c3)cc2)OC1c1ccc(CO)cc1. The van der Waals surface area contributed by atoms with E-state index in [0.29, 0.717) is 13.0 Å². The van der Waals surface area contributed by atoms with Crippen molar-refractivity contribution >= 4 is 17.8 Å². The number of amides is 1. The summed E-state index contributed by atoms with van der Waals surface area (Å²) in [6.45, 7) is 6.79. The molecule has 1 aromatic heterocycles. The lowest BCUT2D eigenvalue weighted by Crippen LogP contribution is -2.51. The second kappa shape index (κ2) is 16.8. The quantitative estimate of drug-likeness (QED) is 0.175. The van der Waals surface area contributed by atoms with E-state index >= 15 is 0 Å². The van der Waals surface area contributed by atoms with Crippen LogP contribution in [0.4, 0.5) is 5.95 Å². The lowest BCUT2D eigenvalue weighted by Gasteiger charge is -2.44. The number of hydrogen-bond donors (Lipinski definition) is 3. The highest BCUT2D eigenvalue weighted by Gasteiger charge is 2.39. The molecule has 262 valence electrons. The Bertz CT molecular complexity index is 1700. The van der Waals surface area contributed by atoms with Gasteiger partial charge < -0.3 is 29.9 Å². The molecule has 0 spiro atoms. The number of hydrogen-bond acceptors (Lipinski definition) is 9. The number of benzene rings is 3. The standard InChI is InChI=1S/C39H45N5O6/c1-27-34(25-43-19-21-44(22-20-43)39-40-17-4-18-41-39)49-38(50-37(27)31-11-9-28(26-45)10-12-31)32-15-13-30(14-16-32)33-6-2-5-29(23-33)24-42-35(46)7-3-8-36(47)48/h2,4-6,9-18,23,27,34,37-38,45H,3,7-8,19-22,24-26H2,1H3,(H,42,46)(H,47,48). The molecular weight excluding hydrogens is 634 g/mol. The first-order chi connectivity index (χ1) is 24.4. The first kappa shape index (κ1) is 35.2. The number of piperazine rings is 1. The fourth-order valence-corrected chi connectivity index (χ4v) is 6.55. The van der Waals surface area contributed by atoms with E-state index in [9.17, 15) is 14.7 Å². The Morgan fingerprint density at radius 1 is 0.840 bits per heavy atom. The summed E-state index contributed by atoms with van der Waals surface area (Å²) in [5, 5.41) is 21.3. The van der Waals surface area contributed by atoms with Crippen molar-refractivity contribution in [3.05, 3.63) is 114 Å². The van der Waals surface area contributed by atoms with E-state index in [-0.39, 0.29) is 43.5 Å². The van der Waals surface area contributed by atoms with Crippen LogP contribution in [-0.2, 0) is 32.2 Å². The number of aromatic nitrogens is 2. The fraction of sp³-hybridized carbons (Fsp3) is 0.385. The Morgan fingerprint density at radius 3 is 2.26 bits per heavy atom. The van der Waals surface area contributed by atoms with Gasteiger partial charge in [0.05, 0.1) is 18.8 Å². The molecule has 2 aliphatic rings. The van der Waals surface area contributed by atoms with Gasteiger partial charge in [-0.25, -0.2) is 9.97 Å². The number of ether oxygens (including phenoxy) is 2. The van der Waals surface area contributed by atoms with Gasteiger partial charge in [-0.3, -0.25) is 14.5 Å². The van der Waals surface area contributed by atoms with E-state index < -0.39 is 12.3 Å². The van der Waals surface area contributed by atoms with Gasteiger partial charge in [0, 0.05) is 76.0 Å². The van der Waals surface area contributed by atoms with Gasteiger partial charge >= 0.3 is 5.97 Å². The lowest BCUT2D eigenvalue weighted by atomic mass is 9.89. The van der Waals surface area contributed by atoms with Crippen LogP contribution in [-0.4, -0.2) is 75.8 Å². The molecule has 0 bridgehead atoms. The average molecular weight is 680 g/mol. The zero-order valence-electron chi connectivity index (χ0n) is 28.4. The molecule has 4 unspecified atom stereocenters. The molecule has 2 aliphatic heterocycles. The van der Waals surface area contributed by atoms with Crippen molar-refractivity contribution in [2.45, 2.75) is 57.8 Å². The number of carbonyl (C=O) groups excluding carboxylic acids is 1. The van der Waals surface area contributed by atoms with Gasteiger partial charge in [-0.2, -0.15) is 0 Å². The minimum atomic E-state index is -0.898. The highest BCUT2D eigenvalue weighted by molar-refractivity contribution is 5.76. The second-order valence-electron chi connectivity index (χ2n) is 13.0. The Hall–Kier alpha value is -4.68. The van der Waals surface area contributed by atoms with E-state index in [1.54, 1.807) is 12.4 Å². The van der Waals surface area contributed by atoms with Crippen LogP contribution in [0.2, 0.25) is 0 Å². The van der Waals surface area contributed by atoms with Gasteiger partial charge in [0.1, 0.15) is 0 Å². The number of carboxylic acids is 1. The van der Waals surface area contributed by atoms with Crippen LogP contribution in [0.3, 0.4) is 0 Å². The molecule has 1 amide bonds.